The lowest BCUT2D eigenvalue weighted by Crippen LogP contribution is -2.44. The van der Waals surface area contributed by atoms with Crippen LogP contribution in [0.4, 0.5) is 0 Å². The molecule has 2 heterocycles. The van der Waals surface area contributed by atoms with Gasteiger partial charge in [-0.05, 0) is 43.3 Å². The monoisotopic (exact) mass is 315 g/mol. The predicted octanol–water partition coefficient (Wildman–Crippen LogP) is 3.53. The Morgan fingerprint density at radius 2 is 2.09 bits per heavy atom. The van der Waals surface area contributed by atoms with Crippen LogP contribution in [0.2, 0.25) is 0 Å². The molecular formula is C18H21NO2S. The van der Waals surface area contributed by atoms with Gasteiger partial charge in [-0.3, -0.25) is 4.79 Å². The molecule has 1 saturated heterocycles. The van der Waals surface area contributed by atoms with Gasteiger partial charge in [-0.2, -0.15) is 0 Å². The minimum Gasteiger partial charge on any atom is -0.381 e. The quantitative estimate of drug-likeness (QED) is 0.937. The van der Waals surface area contributed by atoms with Gasteiger partial charge in [0.25, 0.3) is 5.91 Å². The fraction of sp³-hybridized carbons (Fsp3) is 0.389. The van der Waals surface area contributed by atoms with Crippen LogP contribution < -0.4 is 5.32 Å². The Balaban J connectivity index is 1.73. The van der Waals surface area contributed by atoms with Crippen molar-refractivity contribution in [1.29, 1.82) is 0 Å². The largest absolute Gasteiger partial charge is 0.381 e. The van der Waals surface area contributed by atoms with E-state index in [0.717, 1.165) is 37.2 Å². The lowest BCUT2D eigenvalue weighted by Gasteiger charge is -2.36. The molecule has 1 N–H and O–H groups in total. The maximum Gasteiger partial charge on any atom is 0.251 e. The molecule has 1 fully saturated rings. The molecule has 22 heavy (non-hydrogen) atoms. The van der Waals surface area contributed by atoms with Crippen LogP contribution in [0.15, 0.2) is 41.8 Å². The molecule has 1 aromatic heterocycles. The van der Waals surface area contributed by atoms with E-state index in [9.17, 15) is 4.79 Å². The summed E-state index contributed by atoms with van der Waals surface area (Å²) in [5, 5.41) is 5.24. The number of aryl methyl sites for hydroxylation is 1. The summed E-state index contributed by atoms with van der Waals surface area (Å²) in [5.41, 5.74) is 1.85. The van der Waals surface area contributed by atoms with Crippen LogP contribution in [-0.4, -0.2) is 25.7 Å². The van der Waals surface area contributed by atoms with Crippen LogP contribution in [0.3, 0.4) is 0 Å². The summed E-state index contributed by atoms with van der Waals surface area (Å²) in [6.45, 7) is 4.20. The van der Waals surface area contributed by atoms with Gasteiger partial charge in [0, 0.05) is 35.6 Å². The van der Waals surface area contributed by atoms with Crippen molar-refractivity contribution in [2.75, 3.05) is 19.8 Å². The van der Waals surface area contributed by atoms with Gasteiger partial charge in [0.1, 0.15) is 0 Å². The van der Waals surface area contributed by atoms with Crippen molar-refractivity contribution in [3.05, 3.63) is 57.8 Å². The third kappa shape index (κ3) is 3.23. The van der Waals surface area contributed by atoms with Crippen molar-refractivity contribution < 1.29 is 9.53 Å². The molecule has 0 saturated carbocycles. The summed E-state index contributed by atoms with van der Waals surface area (Å²) < 4.78 is 5.52. The van der Waals surface area contributed by atoms with Crippen molar-refractivity contribution >= 4 is 17.2 Å². The molecule has 2 aromatic rings. The van der Waals surface area contributed by atoms with Crippen molar-refractivity contribution in [2.24, 2.45) is 0 Å². The summed E-state index contributed by atoms with van der Waals surface area (Å²) in [7, 11) is 0. The molecule has 0 bridgehead atoms. The van der Waals surface area contributed by atoms with Crippen LogP contribution in [0, 0.1) is 6.92 Å². The maximum atomic E-state index is 12.4. The fourth-order valence-corrected chi connectivity index (χ4v) is 3.98. The number of benzene rings is 1. The van der Waals surface area contributed by atoms with Crippen molar-refractivity contribution in [1.82, 2.24) is 5.32 Å². The first kappa shape index (κ1) is 15.3. The van der Waals surface area contributed by atoms with Crippen LogP contribution >= 0.6 is 11.3 Å². The van der Waals surface area contributed by atoms with Crippen molar-refractivity contribution in [2.45, 2.75) is 25.2 Å². The molecule has 0 radical (unpaired) electrons. The maximum absolute atomic E-state index is 12.4. The van der Waals surface area contributed by atoms with Gasteiger partial charge >= 0.3 is 0 Å². The molecule has 1 aliphatic heterocycles. The highest BCUT2D eigenvalue weighted by atomic mass is 32.1. The molecule has 0 unspecified atom stereocenters. The third-order valence-corrected chi connectivity index (χ3v) is 5.48. The van der Waals surface area contributed by atoms with Gasteiger partial charge in [0.05, 0.1) is 0 Å². The topological polar surface area (TPSA) is 38.3 Å². The van der Waals surface area contributed by atoms with E-state index in [0.29, 0.717) is 6.54 Å². The average molecular weight is 315 g/mol. The summed E-state index contributed by atoms with van der Waals surface area (Å²) in [6, 6.07) is 12.0. The molecule has 1 aliphatic rings. The van der Waals surface area contributed by atoms with E-state index in [-0.39, 0.29) is 11.3 Å². The van der Waals surface area contributed by atoms with Crippen molar-refractivity contribution in [3.8, 4) is 0 Å². The van der Waals surface area contributed by atoms with Crippen LogP contribution in [0.25, 0.3) is 0 Å². The Bertz CT molecular complexity index is 630. The second kappa shape index (κ2) is 6.63. The second-order valence-corrected chi connectivity index (χ2v) is 6.87. The van der Waals surface area contributed by atoms with E-state index in [1.54, 1.807) is 11.3 Å². The van der Waals surface area contributed by atoms with Gasteiger partial charge in [0.15, 0.2) is 0 Å². The predicted molar refractivity (Wildman–Crippen MR) is 89.6 cm³/mol. The normalized spacial score (nSPS) is 17.1. The fourth-order valence-electron chi connectivity index (χ4n) is 2.99. The lowest BCUT2D eigenvalue weighted by molar-refractivity contribution is 0.0499. The molecule has 3 nitrogen and oxygen atoms in total. The minimum absolute atomic E-state index is 0.00567. The number of ether oxygens (including phenoxy) is 1. The number of hydrogen-bond acceptors (Lipinski definition) is 3. The summed E-state index contributed by atoms with van der Waals surface area (Å²) >= 11 is 1.77. The first-order chi connectivity index (χ1) is 10.7. The summed E-state index contributed by atoms with van der Waals surface area (Å²) in [4.78, 5) is 13.8. The number of amides is 1. The minimum atomic E-state index is 0.00567. The van der Waals surface area contributed by atoms with Gasteiger partial charge in [-0.15, -0.1) is 11.3 Å². The number of rotatable bonds is 4. The number of carbonyl (C=O) groups excluding carboxylic acids is 1. The van der Waals surface area contributed by atoms with Crippen LogP contribution in [-0.2, 0) is 10.2 Å². The highest BCUT2D eigenvalue weighted by Crippen LogP contribution is 2.37. The molecule has 1 amide bonds. The zero-order valence-electron chi connectivity index (χ0n) is 12.8. The number of thiophene rings is 1. The van der Waals surface area contributed by atoms with Crippen molar-refractivity contribution in [3.63, 3.8) is 0 Å². The van der Waals surface area contributed by atoms with E-state index in [2.05, 4.69) is 22.8 Å². The van der Waals surface area contributed by atoms with Gasteiger partial charge in [-0.25, -0.2) is 0 Å². The van der Waals surface area contributed by atoms with E-state index in [1.807, 2.05) is 31.2 Å². The molecule has 0 spiro atoms. The van der Waals surface area contributed by atoms with Crippen LogP contribution in [0.1, 0.15) is 33.6 Å². The molecule has 4 heteroatoms. The number of carbonyl (C=O) groups is 1. The first-order valence-corrected chi connectivity index (χ1v) is 8.54. The summed E-state index contributed by atoms with van der Waals surface area (Å²) in [5.74, 6) is 0.00567. The summed E-state index contributed by atoms with van der Waals surface area (Å²) in [6.07, 6.45) is 1.92. The highest BCUT2D eigenvalue weighted by Gasteiger charge is 2.35. The zero-order valence-corrected chi connectivity index (χ0v) is 13.6. The number of hydrogen-bond donors (Lipinski definition) is 1. The molecule has 0 atom stereocenters. The Labute approximate surface area is 135 Å². The highest BCUT2D eigenvalue weighted by molar-refractivity contribution is 7.10. The average Bonchev–Trinajstić information content (AvgIpc) is 3.09. The SMILES string of the molecule is Cc1cccc(C(=O)NCC2(c3cccs3)CCOCC2)c1. The Morgan fingerprint density at radius 3 is 2.77 bits per heavy atom. The molecule has 1 aromatic carbocycles. The van der Waals surface area contributed by atoms with Gasteiger partial charge in [0.2, 0.25) is 0 Å². The van der Waals surface area contributed by atoms with Crippen LogP contribution in [0.5, 0.6) is 0 Å². The van der Waals surface area contributed by atoms with Gasteiger partial charge < -0.3 is 10.1 Å². The Kier molecular flexibility index (Phi) is 4.60. The molecular weight excluding hydrogens is 294 g/mol. The molecule has 3 rings (SSSR count). The third-order valence-electron chi connectivity index (χ3n) is 4.36. The molecule has 0 aliphatic carbocycles. The van der Waals surface area contributed by atoms with E-state index >= 15 is 0 Å². The Morgan fingerprint density at radius 1 is 1.27 bits per heavy atom. The molecule has 116 valence electrons. The Hall–Kier alpha value is -1.65. The van der Waals surface area contributed by atoms with E-state index in [4.69, 9.17) is 4.74 Å². The van der Waals surface area contributed by atoms with E-state index in [1.165, 1.54) is 4.88 Å². The lowest BCUT2D eigenvalue weighted by atomic mass is 9.78. The standard InChI is InChI=1S/C18H21NO2S/c1-14-4-2-5-15(12-14)17(20)19-13-18(7-9-21-10-8-18)16-6-3-11-22-16/h2-6,11-12H,7-10,13H2,1H3,(H,19,20). The van der Waals surface area contributed by atoms with E-state index < -0.39 is 0 Å². The first-order valence-electron chi connectivity index (χ1n) is 7.66. The zero-order chi connectivity index (χ0) is 15.4. The smallest absolute Gasteiger partial charge is 0.251 e. The van der Waals surface area contributed by atoms with Gasteiger partial charge in [-0.1, -0.05) is 23.8 Å². The number of nitrogens with one attached hydrogen (secondary N) is 1. The second-order valence-electron chi connectivity index (χ2n) is 5.92.